The van der Waals surface area contributed by atoms with Crippen molar-refractivity contribution < 1.29 is 13.2 Å². The second-order valence-corrected chi connectivity index (χ2v) is 4.92. The van der Waals surface area contributed by atoms with Crippen molar-refractivity contribution in [2.24, 2.45) is 22.6 Å². The zero-order chi connectivity index (χ0) is 13.1. The molecule has 0 aromatic rings. The number of nitrogens with zero attached hydrogens (tertiary/aromatic N) is 2. The van der Waals surface area contributed by atoms with E-state index in [1.165, 1.54) is 0 Å². The average molecular weight is 251 g/mol. The second kappa shape index (κ2) is 5.60. The molecular weight excluding hydrogens is 231 g/mol. The number of likely N-dealkylation sites (tertiary alicyclic amines) is 1. The molecular formula is C11H20F3N3. The van der Waals surface area contributed by atoms with Gasteiger partial charge in [-0.15, -0.1) is 0 Å². The summed E-state index contributed by atoms with van der Waals surface area (Å²) >= 11 is 0. The van der Waals surface area contributed by atoms with Gasteiger partial charge in [-0.3, -0.25) is 4.99 Å². The molecule has 1 rings (SSSR count). The zero-order valence-corrected chi connectivity index (χ0v) is 10.3. The number of hydrogen-bond donors (Lipinski definition) is 1. The van der Waals surface area contributed by atoms with Crippen molar-refractivity contribution in [3.8, 4) is 0 Å². The summed E-state index contributed by atoms with van der Waals surface area (Å²) in [4.78, 5) is 5.66. The van der Waals surface area contributed by atoms with Crippen LogP contribution in [0.1, 0.15) is 26.7 Å². The Kier molecular flexibility index (Phi) is 4.65. The molecule has 17 heavy (non-hydrogen) atoms. The summed E-state index contributed by atoms with van der Waals surface area (Å²) in [6.07, 6.45) is -3.42. The van der Waals surface area contributed by atoms with E-state index >= 15 is 0 Å². The third kappa shape index (κ3) is 4.44. The van der Waals surface area contributed by atoms with Gasteiger partial charge in [0.2, 0.25) is 0 Å². The first-order valence-electron chi connectivity index (χ1n) is 5.92. The maximum atomic E-state index is 12.6. The van der Waals surface area contributed by atoms with Gasteiger partial charge in [0.25, 0.3) is 0 Å². The van der Waals surface area contributed by atoms with Crippen LogP contribution in [0.2, 0.25) is 0 Å². The lowest BCUT2D eigenvalue weighted by atomic mass is 9.98. The first-order chi connectivity index (χ1) is 7.80. The molecule has 0 saturated carbocycles. The van der Waals surface area contributed by atoms with E-state index in [1.54, 1.807) is 4.90 Å². The van der Waals surface area contributed by atoms with Crippen molar-refractivity contribution in [2.45, 2.75) is 32.9 Å². The van der Waals surface area contributed by atoms with Gasteiger partial charge in [-0.2, -0.15) is 13.2 Å². The minimum Gasteiger partial charge on any atom is -0.370 e. The molecule has 1 aliphatic heterocycles. The fourth-order valence-electron chi connectivity index (χ4n) is 1.83. The van der Waals surface area contributed by atoms with Crippen LogP contribution >= 0.6 is 0 Å². The molecule has 1 heterocycles. The van der Waals surface area contributed by atoms with Gasteiger partial charge in [-0.05, 0) is 18.8 Å². The van der Waals surface area contributed by atoms with Gasteiger partial charge in [0.15, 0.2) is 5.96 Å². The average Bonchev–Trinajstić information content (AvgIpc) is 2.25. The number of rotatable bonds is 2. The monoisotopic (exact) mass is 251 g/mol. The van der Waals surface area contributed by atoms with E-state index in [0.29, 0.717) is 25.4 Å². The van der Waals surface area contributed by atoms with Crippen LogP contribution in [0.3, 0.4) is 0 Å². The van der Waals surface area contributed by atoms with Gasteiger partial charge >= 0.3 is 6.18 Å². The van der Waals surface area contributed by atoms with Gasteiger partial charge in [0, 0.05) is 19.6 Å². The third-order valence-electron chi connectivity index (χ3n) is 2.83. The molecule has 1 aliphatic rings. The van der Waals surface area contributed by atoms with Crippen LogP contribution in [-0.4, -0.2) is 36.7 Å². The predicted octanol–water partition coefficient (Wildman–Crippen LogP) is 2.23. The topological polar surface area (TPSA) is 41.6 Å². The molecule has 100 valence electrons. The molecule has 1 saturated heterocycles. The van der Waals surface area contributed by atoms with E-state index in [2.05, 4.69) is 4.99 Å². The molecule has 0 aromatic heterocycles. The van der Waals surface area contributed by atoms with Crippen molar-refractivity contribution in [1.82, 2.24) is 4.90 Å². The smallest absolute Gasteiger partial charge is 0.370 e. The molecule has 0 aromatic carbocycles. The molecule has 2 N–H and O–H groups in total. The van der Waals surface area contributed by atoms with Gasteiger partial charge < -0.3 is 10.6 Å². The summed E-state index contributed by atoms with van der Waals surface area (Å²) in [5.41, 5.74) is 5.71. The number of aliphatic imine (C=N–C) groups is 1. The van der Waals surface area contributed by atoms with Crippen LogP contribution in [0.25, 0.3) is 0 Å². The number of alkyl halides is 3. The van der Waals surface area contributed by atoms with Crippen LogP contribution in [0, 0.1) is 11.8 Å². The number of hydrogen-bond acceptors (Lipinski definition) is 1. The van der Waals surface area contributed by atoms with E-state index < -0.39 is 12.1 Å². The minimum absolute atomic E-state index is 0.0586. The molecule has 1 atom stereocenters. The lowest BCUT2D eigenvalue weighted by Crippen LogP contribution is -2.47. The molecule has 6 heteroatoms. The first kappa shape index (κ1) is 14.1. The summed E-state index contributed by atoms with van der Waals surface area (Å²) in [5, 5.41) is 0. The van der Waals surface area contributed by atoms with Crippen LogP contribution in [0.5, 0.6) is 0 Å². The molecule has 0 aliphatic carbocycles. The third-order valence-corrected chi connectivity index (χ3v) is 2.83. The highest BCUT2D eigenvalue weighted by Gasteiger charge is 2.42. The van der Waals surface area contributed by atoms with Gasteiger partial charge in [0.1, 0.15) is 0 Å². The summed E-state index contributed by atoms with van der Waals surface area (Å²) in [6.45, 7) is 5.05. The normalized spacial score (nSPS) is 23.3. The molecule has 3 nitrogen and oxygen atoms in total. The highest BCUT2D eigenvalue weighted by Crippen LogP contribution is 2.32. The SMILES string of the molecule is CC(C)CN=C(N)N1CCCC(C(F)(F)F)C1. The van der Waals surface area contributed by atoms with Crippen molar-refractivity contribution >= 4 is 5.96 Å². The fourth-order valence-corrected chi connectivity index (χ4v) is 1.83. The van der Waals surface area contributed by atoms with Crippen molar-refractivity contribution in [3.05, 3.63) is 0 Å². The van der Waals surface area contributed by atoms with Crippen molar-refractivity contribution in [2.75, 3.05) is 19.6 Å². The summed E-state index contributed by atoms with van der Waals surface area (Å²) < 4.78 is 37.8. The Labute approximate surface area is 99.9 Å². The van der Waals surface area contributed by atoms with E-state index in [0.717, 1.165) is 0 Å². The predicted molar refractivity (Wildman–Crippen MR) is 61.7 cm³/mol. The molecule has 0 amide bonds. The molecule has 0 radical (unpaired) electrons. The van der Waals surface area contributed by atoms with Crippen molar-refractivity contribution in [1.29, 1.82) is 0 Å². The van der Waals surface area contributed by atoms with Crippen LogP contribution < -0.4 is 5.73 Å². The summed E-state index contributed by atoms with van der Waals surface area (Å²) in [7, 11) is 0. The Morgan fingerprint density at radius 2 is 2.12 bits per heavy atom. The fraction of sp³-hybridized carbons (Fsp3) is 0.909. The highest BCUT2D eigenvalue weighted by molar-refractivity contribution is 5.78. The second-order valence-electron chi connectivity index (χ2n) is 4.92. The molecule has 0 bridgehead atoms. The maximum absolute atomic E-state index is 12.6. The summed E-state index contributed by atoms with van der Waals surface area (Å²) in [6, 6.07) is 0. The molecule has 1 unspecified atom stereocenters. The first-order valence-corrected chi connectivity index (χ1v) is 5.92. The zero-order valence-electron chi connectivity index (χ0n) is 10.3. The van der Waals surface area contributed by atoms with E-state index in [4.69, 9.17) is 5.73 Å². The van der Waals surface area contributed by atoms with E-state index in [9.17, 15) is 13.2 Å². The standard InChI is InChI=1S/C11H20F3N3/c1-8(2)6-16-10(15)17-5-3-4-9(7-17)11(12,13)14/h8-9H,3-7H2,1-2H3,(H2,15,16). The minimum atomic E-state index is -4.13. The lowest BCUT2D eigenvalue weighted by molar-refractivity contribution is -0.183. The van der Waals surface area contributed by atoms with E-state index in [-0.39, 0.29) is 18.9 Å². The van der Waals surface area contributed by atoms with Crippen LogP contribution in [-0.2, 0) is 0 Å². The Bertz CT molecular complexity index is 274. The van der Waals surface area contributed by atoms with Gasteiger partial charge in [-0.25, -0.2) is 0 Å². The number of nitrogens with two attached hydrogens (primary N) is 1. The Morgan fingerprint density at radius 3 is 2.65 bits per heavy atom. The highest BCUT2D eigenvalue weighted by atomic mass is 19.4. The van der Waals surface area contributed by atoms with E-state index in [1.807, 2.05) is 13.8 Å². The van der Waals surface area contributed by atoms with Gasteiger partial charge in [-0.1, -0.05) is 13.8 Å². The summed E-state index contributed by atoms with van der Waals surface area (Å²) in [5.74, 6) is -0.673. The number of halogens is 3. The molecule has 1 fully saturated rings. The Hall–Kier alpha value is -0.940. The Balaban J connectivity index is 2.57. The number of piperidine rings is 1. The van der Waals surface area contributed by atoms with Crippen LogP contribution in [0.15, 0.2) is 4.99 Å². The lowest BCUT2D eigenvalue weighted by Gasteiger charge is -2.34. The molecule has 0 spiro atoms. The largest absolute Gasteiger partial charge is 0.393 e. The van der Waals surface area contributed by atoms with Crippen molar-refractivity contribution in [3.63, 3.8) is 0 Å². The number of guanidine groups is 1. The van der Waals surface area contributed by atoms with Crippen LogP contribution in [0.4, 0.5) is 13.2 Å². The van der Waals surface area contributed by atoms with Gasteiger partial charge in [0.05, 0.1) is 5.92 Å². The quantitative estimate of drug-likeness (QED) is 0.604. The Morgan fingerprint density at radius 1 is 1.47 bits per heavy atom. The maximum Gasteiger partial charge on any atom is 0.393 e.